The third kappa shape index (κ3) is 5.12. The standard InChI is InChI=1S/C20H27N3O3S2/c1-3-18-10-11-19(27-18)28(25,26)23-12-4-5-16(14-23)13-21-20(24)22-17-8-6-15(2)7-9-17/h6-11,16H,3-5,12-14H2,1-2H3,(H2,21,22,24). The third-order valence-electron chi connectivity index (χ3n) is 4.92. The number of piperidine rings is 1. The molecule has 8 heteroatoms. The minimum absolute atomic E-state index is 0.109. The van der Waals surface area contributed by atoms with Crippen LogP contribution in [0.1, 0.15) is 30.2 Å². The first-order chi connectivity index (χ1) is 13.4. The van der Waals surface area contributed by atoms with Gasteiger partial charge in [-0.15, -0.1) is 11.3 Å². The Kier molecular flexibility index (Phi) is 6.74. The number of sulfonamides is 1. The monoisotopic (exact) mass is 421 g/mol. The van der Waals surface area contributed by atoms with Crippen LogP contribution in [0, 0.1) is 12.8 Å². The molecule has 2 aromatic rings. The summed E-state index contributed by atoms with van der Waals surface area (Å²) in [5.74, 6) is 0.109. The minimum atomic E-state index is -3.45. The van der Waals surface area contributed by atoms with E-state index < -0.39 is 10.0 Å². The quantitative estimate of drug-likeness (QED) is 0.744. The second kappa shape index (κ2) is 9.07. The summed E-state index contributed by atoms with van der Waals surface area (Å²) in [6.45, 7) is 5.44. The maximum absolute atomic E-state index is 12.9. The van der Waals surface area contributed by atoms with Gasteiger partial charge in [-0.2, -0.15) is 4.31 Å². The summed E-state index contributed by atoms with van der Waals surface area (Å²) in [6.07, 6.45) is 2.54. The molecule has 1 unspecified atom stereocenters. The predicted molar refractivity (Wildman–Crippen MR) is 113 cm³/mol. The van der Waals surface area contributed by atoms with Gasteiger partial charge in [-0.05, 0) is 56.4 Å². The smallest absolute Gasteiger partial charge is 0.319 e. The number of rotatable bonds is 6. The minimum Gasteiger partial charge on any atom is -0.338 e. The van der Waals surface area contributed by atoms with E-state index in [1.54, 1.807) is 10.4 Å². The number of anilines is 1. The van der Waals surface area contributed by atoms with Crippen LogP contribution in [-0.2, 0) is 16.4 Å². The number of urea groups is 1. The van der Waals surface area contributed by atoms with Crippen LogP contribution in [0.4, 0.5) is 10.5 Å². The molecule has 0 aliphatic carbocycles. The van der Waals surface area contributed by atoms with Crippen LogP contribution in [0.5, 0.6) is 0 Å². The van der Waals surface area contributed by atoms with E-state index in [-0.39, 0.29) is 11.9 Å². The molecule has 2 amide bonds. The number of amides is 2. The number of nitrogens with one attached hydrogen (secondary N) is 2. The van der Waals surface area contributed by atoms with Gasteiger partial charge in [0.05, 0.1) is 0 Å². The van der Waals surface area contributed by atoms with Gasteiger partial charge >= 0.3 is 6.03 Å². The van der Waals surface area contributed by atoms with Crippen LogP contribution in [-0.4, -0.2) is 38.4 Å². The van der Waals surface area contributed by atoms with Crippen molar-refractivity contribution in [1.82, 2.24) is 9.62 Å². The van der Waals surface area contributed by atoms with Crippen molar-refractivity contribution in [2.45, 2.75) is 37.3 Å². The third-order valence-corrected chi connectivity index (χ3v) is 8.48. The molecule has 0 radical (unpaired) electrons. The summed E-state index contributed by atoms with van der Waals surface area (Å²) in [6, 6.07) is 10.9. The average molecular weight is 422 g/mol. The predicted octanol–water partition coefficient (Wildman–Crippen LogP) is 3.84. The number of thiophene rings is 1. The van der Waals surface area contributed by atoms with Crippen LogP contribution >= 0.6 is 11.3 Å². The molecule has 0 bridgehead atoms. The van der Waals surface area contributed by atoms with Gasteiger partial charge in [0.2, 0.25) is 0 Å². The summed E-state index contributed by atoms with van der Waals surface area (Å²) in [5, 5.41) is 5.68. The Labute approximate surface area is 171 Å². The van der Waals surface area contributed by atoms with Crippen molar-refractivity contribution in [2.24, 2.45) is 5.92 Å². The highest BCUT2D eigenvalue weighted by molar-refractivity contribution is 7.91. The Morgan fingerprint density at radius 3 is 2.64 bits per heavy atom. The van der Waals surface area contributed by atoms with Crippen LogP contribution in [0.25, 0.3) is 0 Å². The first-order valence-electron chi connectivity index (χ1n) is 9.59. The Morgan fingerprint density at radius 2 is 1.96 bits per heavy atom. The summed E-state index contributed by atoms with van der Waals surface area (Å²) < 4.78 is 27.8. The lowest BCUT2D eigenvalue weighted by molar-refractivity contribution is 0.239. The number of nitrogens with zero attached hydrogens (tertiary/aromatic N) is 1. The van der Waals surface area contributed by atoms with Crippen LogP contribution in [0.15, 0.2) is 40.6 Å². The molecule has 1 aromatic carbocycles. The molecule has 1 atom stereocenters. The Bertz CT molecular complexity index is 907. The number of aryl methyl sites for hydroxylation is 2. The molecule has 1 aliphatic heterocycles. The molecular formula is C20H27N3O3S2. The highest BCUT2D eigenvalue weighted by atomic mass is 32.2. The van der Waals surface area contributed by atoms with Crippen molar-refractivity contribution in [3.63, 3.8) is 0 Å². The summed E-state index contributed by atoms with van der Waals surface area (Å²) in [7, 11) is -3.45. The van der Waals surface area contributed by atoms with Crippen molar-refractivity contribution in [2.75, 3.05) is 25.0 Å². The van der Waals surface area contributed by atoms with E-state index in [0.29, 0.717) is 23.8 Å². The van der Waals surface area contributed by atoms with Crippen molar-refractivity contribution in [3.8, 4) is 0 Å². The van der Waals surface area contributed by atoms with Gasteiger partial charge in [0.25, 0.3) is 10.0 Å². The van der Waals surface area contributed by atoms with E-state index in [1.807, 2.05) is 44.2 Å². The molecule has 3 rings (SSSR count). The largest absolute Gasteiger partial charge is 0.338 e. The molecule has 1 saturated heterocycles. The topological polar surface area (TPSA) is 78.5 Å². The van der Waals surface area contributed by atoms with E-state index in [0.717, 1.165) is 35.4 Å². The van der Waals surface area contributed by atoms with Crippen molar-refractivity contribution >= 4 is 33.1 Å². The fourth-order valence-corrected chi connectivity index (χ4v) is 6.28. The maximum atomic E-state index is 12.9. The fraction of sp³-hybridized carbons (Fsp3) is 0.450. The highest BCUT2D eigenvalue weighted by Gasteiger charge is 2.31. The first-order valence-corrected chi connectivity index (χ1v) is 11.8. The molecule has 28 heavy (non-hydrogen) atoms. The van der Waals surface area contributed by atoms with Gasteiger partial charge in [-0.25, -0.2) is 13.2 Å². The molecule has 2 heterocycles. The number of benzene rings is 1. The summed E-state index contributed by atoms with van der Waals surface area (Å²) in [4.78, 5) is 13.2. The SMILES string of the molecule is CCc1ccc(S(=O)(=O)N2CCCC(CNC(=O)Nc3ccc(C)cc3)C2)s1. The van der Waals surface area contributed by atoms with Crippen molar-refractivity contribution in [1.29, 1.82) is 0 Å². The number of carbonyl (C=O) groups is 1. The fourth-order valence-electron chi connectivity index (χ4n) is 3.28. The molecule has 0 spiro atoms. The molecular weight excluding hydrogens is 394 g/mol. The zero-order valence-electron chi connectivity index (χ0n) is 16.3. The Hall–Kier alpha value is -1.90. The van der Waals surface area contributed by atoms with Gasteiger partial charge < -0.3 is 10.6 Å². The van der Waals surface area contributed by atoms with E-state index in [1.165, 1.54) is 11.3 Å². The molecule has 152 valence electrons. The lowest BCUT2D eigenvalue weighted by Crippen LogP contribution is -2.44. The van der Waals surface area contributed by atoms with Gasteiger partial charge in [-0.3, -0.25) is 0 Å². The first kappa shape index (κ1) is 20.8. The van der Waals surface area contributed by atoms with Gasteiger partial charge in [0.1, 0.15) is 4.21 Å². The average Bonchev–Trinajstić information content (AvgIpc) is 3.19. The van der Waals surface area contributed by atoms with E-state index in [9.17, 15) is 13.2 Å². The zero-order valence-corrected chi connectivity index (χ0v) is 17.9. The van der Waals surface area contributed by atoms with E-state index in [4.69, 9.17) is 0 Å². The molecule has 1 aromatic heterocycles. The number of hydrogen-bond donors (Lipinski definition) is 2. The zero-order chi connectivity index (χ0) is 20.1. The molecule has 1 aliphatic rings. The van der Waals surface area contributed by atoms with Crippen LogP contribution in [0.2, 0.25) is 0 Å². The van der Waals surface area contributed by atoms with Gasteiger partial charge in [0.15, 0.2) is 0 Å². The Morgan fingerprint density at radius 1 is 1.21 bits per heavy atom. The number of carbonyl (C=O) groups excluding carboxylic acids is 1. The van der Waals surface area contributed by atoms with Crippen LogP contribution < -0.4 is 10.6 Å². The second-order valence-corrected chi connectivity index (χ2v) is 10.5. The second-order valence-electron chi connectivity index (χ2n) is 7.15. The van der Waals surface area contributed by atoms with Gasteiger partial charge in [-0.1, -0.05) is 24.6 Å². The molecule has 0 saturated carbocycles. The van der Waals surface area contributed by atoms with Crippen molar-refractivity contribution in [3.05, 3.63) is 46.8 Å². The highest BCUT2D eigenvalue weighted by Crippen LogP contribution is 2.28. The van der Waals surface area contributed by atoms with Crippen LogP contribution in [0.3, 0.4) is 0 Å². The number of hydrogen-bond acceptors (Lipinski definition) is 4. The lowest BCUT2D eigenvalue weighted by Gasteiger charge is -2.31. The molecule has 1 fully saturated rings. The summed E-state index contributed by atoms with van der Waals surface area (Å²) in [5.41, 5.74) is 1.87. The van der Waals surface area contributed by atoms with E-state index in [2.05, 4.69) is 10.6 Å². The summed E-state index contributed by atoms with van der Waals surface area (Å²) >= 11 is 1.35. The van der Waals surface area contributed by atoms with Crippen molar-refractivity contribution < 1.29 is 13.2 Å². The normalized spacial score (nSPS) is 18.0. The maximum Gasteiger partial charge on any atom is 0.319 e. The van der Waals surface area contributed by atoms with Gasteiger partial charge in [0, 0.05) is 30.2 Å². The Balaban J connectivity index is 1.54. The van der Waals surface area contributed by atoms with E-state index >= 15 is 0 Å². The molecule has 2 N–H and O–H groups in total. The molecule has 6 nitrogen and oxygen atoms in total. The lowest BCUT2D eigenvalue weighted by atomic mass is 10.00.